The molecule has 0 aromatic heterocycles. The number of hydrogen-bond donors (Lipinski definition) is 1. The molecule has 0 aliphatic heterocycles. The molecule has 0 spiro atoms. The standard InChI is InChI=1S/C10H9F2NO/c1-10(14,4-5-13)7-2-3-8(11)9(12)6-7/h2-3,6,14H,4H2,1H3/t10-/m1/s1. The summed E-state index contributed by atoms with van der Waals surface area (Å²) in [5.41, 5.74) is -1.25. The van der Waals surface area contributed by atoms with E-state index in [0.29, 0.717) is 0 Å². The summed E-state index contributed by atoms with van der Waals surface area (Å²) in [6.45, 7) is 1.38. The first kappa shape index (κ1) is 10.6. The molecule has 1 aromatic carbocycles. The second kappa shape index (κ2) is 3.72. The summed E-state index contributed by atoms with van der Waals surface area (Å²) >= 11 is 0. The molecule has 0 fully saturated rings. The Morgan fingerprint density at radius 1 is 1.43 bits per heavy atom. The molecule has 1 aromatic rings. The maximum Gasteiger partial charge on any atom is 0.159 e. The second-order valence-electron chi connectivity index (χ2n) is 3.24. The van der Waals surface area contributed by atoms with Gasteiger partial charge in [0.1, 0.15) is 0 Å². The fourth-order valence-electron chi connectivity index (χ4n) is 1.09. The third-order valence-corrected chi connectivity index (χ3v) is 1.96. The highest BCUT2D eigenvalue weighted by molar-refractivity contribution is 5.24. The SMILES string of the molecule is C[C@@](O)(CC#N)c1ccc(F)c(F)c1. The molecule has 0 radical (unpaired) electrons. The number of halogens is 2. The molecule has 14 heavy (non-hydrogen) atoms. The lowest BCUT2D eigenvalue weighted by Gasteiger charge is -2.20. The van der Waals surface area contributed by atoms with Crippen LogP contribution < -0.4 is 0 Å². The average molecular weight is 197 g/mol. The van der Waals surface area contributed by atoms with E-state index < -0.39 is 17.2 Å². The first-order valence-electron chi connectivity index (χ1n) is 4.02. The van der Waals surface area contributed by atoms with Gasteiger partial charge in [-0.25, -0.2) is 8.78 Å². The maximum atomic E-state index is 12.8. The van der Waals surface area contributed by atoms with E-state index in [1.807, 2.05) is 0 Å². The molecule has 0 unspecified atom stereocenters. The summed E-state index contributed by atoms with van der Waals surface area (Å²) < 4.78 is 25.3. The molecule has 0 heterocycles. The smallest absolute Gasteiger partial charge is 0.159 e. The van der Waals surface area contributed by atoms with Crippen molar-refractivity contribution in [3.05, 3.63) is 35.4 Å². The zero-order valence-corrected chi connectivity index (χ0v) is 7.59. The molecule has 0 amide bonds. The third-order valence-electron chi connectivity index (χ3n) is 1.96. The van der Waals surface area contributed by atoms with Crippen molar-refractivity contribution < 1.29 is 13.9 Å². The van der Waals surface area contributed by atoms with Gasteiger partial charge in [-0.15, -0.1) is 0 Å². The van der Waals surface area contributed by atoms with Gasteiger partial charge in [0.25, 0.3) is 0 Å². The molecule has 0 aliphatic rings. The fraction of sp³-hybridized carbons (Fsp3) is 0.300. The van der Waals surface area contributed by atoms with Gasteiger partial charge < -0.3 is 5.11 Å². The summed E-state index contributed by atoms with van der Waals surface area (Å²) in [4.78, 5) is 0. The van der Waals surface area contributed by atoms with E-state index in [2.05, 4.69) is 0 Å². The lowest BCUT2D eigenvalue weighted by molar-refractivity contribution is 0.0619. The minimum atomic E-state index is -1.44. The molecule has 1 N–H and O–H groups in total. The minimum Gasteiger partial charge on any atom is -0.384 e. The molecule has 0 saturated heterocycles. The van der Waals surface area contributed by atoms with Crippen molar-refractivity contribution in [2.45, 2.75) is 18.9 Å². The van der Waals surface area contributed by atoms with Crippen LogP contribution in [-0.2, 0) is 5.60 Å². The predicted molar refractivity (Wildman–Crippen MR) is 46.2 cm³/mol. The van der Waals surface area contributed by atoms with Crippen molar-refractivity contribution >= 4 is 0 Å². The highest BCUT2D eigenvalue weighted by Crippen LogP contribution is 2.25. The molecular formula is C10H9F2NO. The van der Waals surface area contributed by atoms with Crippen LogP contribution in [0.15, 0.2) is 18.2 Å². The number of aliphatic hydroxyl groups is 1. The Morgan fingerprint density at radius 2 is 2.07 bits per heavy atom. The number of rotatable bonds is 2. The molecule has 74 valence electrons. The quantitative estimate of drug-likeness (QED) is 0.788. The monoisotopic (exact) mass is 197 g/mol. The molecule has 2 nitrogen and oxygen atoms in total. The van der Waals surface area contributed by atoms with Crippen LogP contribution in [0.1, 0.15) is 18.9 Å². The van der Waals surface area contributed by atoms with Crippen molar-refractivity contribution in [3.8, 4) is 6.07 Å². The van der Waals surface area contributed by atoms with Gasteiger partial charge in [0.05, 0.1) is 18.1 Å². The molecule has 4 heteroatoms. The van der Waals surface area contributed by atoms with E-state index in [0.717, 1.165) is 12.1 Å². The molecule has 1 rings (SSSR count). The summed E-state index contributed by atoms with van der Waals surface area (Å²) in [5.74, 6) is -2.00. The Balaban J connectivity index is 3.09. The van der Waals surface area contributed by atoms with Crippen molar-refractivity contribution in [2.75, 3.05) is 0 Å². The lowest BCUT2D eigenvalue weighted by atomic mass is 9.93. The normalized spacial score (nSPS) is 14.5. The van der Waals surface area contributed by atoms with Crippen LogP contribution in [0.4, 0.5) is 8.78 Å². The Kier molecular flexibility index (Phi) is 2.82. The molecule has 0 bridgehead atoms. The zero-order valence-electron chi connectivity index (χ0n) is 7.59. The van der Waals surface area contributed by atoms with Gasteiger partial charge in [-0.2, -0.15) is 5.26 Å². The van der Waals surface area contributed by atoms with Gasteiger partial charge >= 0.3 is 0 Å². The van der Waals surface area contributed by atoms with E-state index in [4.69, 9.17) is 5.26 Å². The summed E-state index contributed by atoms with van der Waals surface area (Å²) in [6, 6.07) is 4.86. The fourth-order valence-corrected chi connectivity index (χ4v) is 1.09. The highest BCUT2D eigenvalue weighted by Gasteiger charge is 2.23. The number of nitriles is 1. The Labute approximate surface area is 80.4 Å². The molecule has 0 saturated carbocycles. The Morgan fingerprint density at radius 3 is 2.57 bits per heavy atom. The largest absolute Gasteiger partial charge is 0.384 e. The van der Waals surface area contributed by atoms with Crippen LogP contribution in [0.3, 0.4) is 0 Å². The van der Waals surface area contributed by atoms with E-state index in [9.17, 15) is 13.9 Å². The molecular weight excluding hydrogens is 188 g/mol. The number of nitrogens with zero attached hydrogens (tertiary/aromatic N) is 1. The van der Waals surface area contributed by atoms with Crippen molar-refractivity contribution in [2.24, 2.45) is 0 Å². The van der Waals surface area contributed by atoms with E-state index in [-0.39, 0.29) is 12.0 Å². The lowest BCUT2D eigenvalue weighted by Crippen LogP contribution is -2.20. The number of hydrogen-bond acceptors (Lipinski definition) is 2. The van der Waals surface area contributed by atoms with Gasteiger partial charge in [-0.1, -0.05) is 6.07 Å². The van der Waals surface area contributed by atoms with Crippen molar-refractivity contribution in [1.82, 2.24) is 0 Å². The zero-order chi connectivity index (χ0) is 10.8. The first-order valence-corrected chi connectivity index (χ1v) is 4.02. The van der Waals surface area contributed by atoms with Gasteiger partial charge in [-0.05, 0) is 24.6 Å². The van der Waals surface area contributed by atoms with Crippen LogP contribution in [0, 0.1) is 23.0 Å². The van der Waals surface area contributed by atoms with Crippen LogP contribution in [0.2, 0.25) is 0 Å². The van der Waals surface area contributed by atoms with Crippen molar-refractivity contribution in [3.63, 3.8) is 0 Å². The van der Waals surface area contributed by atoms with Crippen LogP contribution in [-0.4, -0.2) is 5.11 Å². The van der Waals surface area contributed by atoms with Crippen LogP contribution in [0.25, 0.3) is 0 Å². The molecule has 1 atom stereocenters. The van der Waals surface area contributed by atoms with Gasteiger partial charge in [0, 0.05) is 0 Å². The van der Waals surface area contributed by atoms with Crippen LogP contribution in [0.5, 0.6) is 0 Å². The summed E-state index contributed by atoms with van der Waals surface area (Å²) in [7, 11) is 0. The van der Waals surface area contributed by atoms with Gasteiger partial charge in [0.15, 0.2) is 11.6 Å². The summed E-state index contributed by atoms with van der Waals surface area (Å²) in [6.07, 6.45) is -0.169. The maximum absolute atomic E-state index is 12.8. The van der Waals surface area contributed by atoms with E-state index >= 15 is 0 Å². The minimum absolute atomic E-state index is 0.169. The highest BCUT2D eigenvalue weighted by atomic mass is 19.2. The number of benzene rings is 1. The summed E-state index contributed by atoms with van der Waals surface area (Å²) in [5, 5.41) is 18.1. The van der Waals surface area contributed by atoms with Gasteiger partial charge in [-0.3, -0.25) is 0 Å². The first-order chi connectivity index (χ1) is 6.47. The Bertz CT molecular complexity index is 382. The van der Waals surface area contributed by atoms with Gasteiger partial charge in [0.2, 0.25) is 0 Å². The second-order valence-corrected chi connectivity index (χ2v) is 3.24. The topological polar surface area (TPSA) is 44.0 Å². The third kappa shape index (κ3) is 2.06. The van der Waals surface area contributed by atoms with E-state index in [1.165, 1.54) is 13.0 Å². The van der Waals surface area contributed by atoms with Crippen molar-refractivity contribution in [1.29, 1.82) is 5.26 Å². The Hall–Kier alpha value is -1.47. The predicted octanol–water partition coefficient (Wildman–Crippen LogP) is 2.09. The van der Waals surface area contributed by atoms with E-state index in [1.54, 1.807) is 6.07 Å². The average Bonchev–Trinajstić information content (AvgIpc) is 2.09. The molecule has 0 aliphatic carbocycles. The van der Waals surface area contributed by atoms with Crippen LogP contribution >= 0.6 is 0 Å².